The lowest BCUT2D eigenvalue weighted by Gasteiger charge is -2.10. The molecule has 2 N–H and O–H groups in total. The molecule has 3 aromatic rings. The van der Waals surface area contributed by atoms with Crippen LogP contribution in [0.15, 0.2) is 47.4 Å². The summed E-state index contributed by atoms with van der Waals surface area (Å²) in [6.07, 6.45) is 0. The zero-order valence-electron chi connectivity index (χ0n) is 11.5. The Morgan fingerprint density at radius 2 is 1.82 bits per heavy atom. The van der Waals surface area contributed by atoms with Gasteiger partial charge in [-0.1, -0.05) is 23.2 Å². The molecule has 0 fully saturated rings. The average molecular weight is 355 g/mol. The summed E-state index contributed by atoms with van der Waals surface area (Å²) >= 11 is 11.8. The third-order valence-electron chi connectivity index (χ3n) is 3.19. The highest BCUT2D eigenvalue weighted by molar-refractivity contribution is 7.92. The Balaban J connectivity index is 1.98. The first kappa shape index (κ1) is 15.2. The van der Waals surface area contributed by atoms with Crippen molar-refractivity contribution in [2.24, 2.45) is 0 Å². The van der Waals surface area contributed by atoms with Crippen LogP contribution in [0.2, 0.25) is 10.0 Å². The maximum absolute atomic E-state index is 12.4. The third kappa shape index (κ3) is 2.92. The van der Waals surface area contributed by atoms with Gasteiger partial charge in [-0.15, -0.1) is 0 Å². The molecule has 0 saturated carbocycles. The van der Waals surface area contributed by atoms with Crippen LogP contribution in [-0.2, 0) is 10.0 Å². The van der Waals surface area contributed by atoms with Crippen molar-refractivity contribution in [3.63, 3.8) is 0 Å². The fourth-order valence-electron chi connectivity index (χ4n) is 2.24. The van der Waals surface area contributed by atoms with Gasteiger partial charge < -0.3 is 4.98 Å². The number of nitrogens with one attached hydrogen (secondary N) is 2. The lowest BCUT2D eigenvalue weighted by molar-refractivity contribution is 0.601. The predicted octanol–water partition coefficient (Wildman–Crippen LogP) is 4.58. The molecule has 1 heterocycles. The molecule has 0 amide bonds. The van der Waals surface area contributed by atoms with Crippen LogP contribution < -0.4 is 4.72 Å². The van der Waals surface area contributed by atoms with Crippen LogP contribution in [0.25, 0.3) is 10.9 Å². The summed E-state index contributed by atoms with van der Waals surface area (Å²) in [6, 6.07) is 11.5. The molecule has 3 rings (SSSR count). The second-order valence-corrected chi connectivity index (χ2v) is 7.43. The monoisotopic (exact) mass is 354 g/mol. The van der Waals surface area contributed by atoms with Crippen LogP contribution in [0, 0.1) is 6.92 Å². The Kier molecular flexibility index (Phi) is 3.80. The van der Waals surface area contributed by atoms with Crippen molar-refractivity contribution >= 4 is 49.8 Å². The molecule has 0 aliphatic heterocycles. The molecule has 0 bridgehead atoms. The second-order valence-electron chi connectivity index (χ2n) is 4.93. The average Bonchev–Trinajstić information content (AvgIpc) is 2.77. The van der Waals surface area contributed by atoms with Gasteiger partial charge >= 0.3 is 0 Å². The molecule has 22 heavy (non-hydrogen) atoms. The first-order valence-electron chi connectivity index (χ1n) is 6.42. The van der Waals surface area contributed by atoms with Crippen molar-refractivity contribution < 1.29 is 8.42 Å². The topological polar surface area (TPSA) is 62.0 Å². The number of benzene rings is 2. The fraction of sp³-hybridized carbons (Fsp3) is 0.0667. The standard InChI is InChI=1S/C15H12Cl2N2O2S/c1-9-6-10-7-12(3-4-14(10)18-9)19-22(20,21)15-5-2-11(16)8-13(15)17/h2-8,18-19H,1H3. The van der Waals surface area contributed by atoms with E-state index in [4.69, 9.17) is 23.2 Å². The highest BCUT2D eigenvalue weighted by Gasteiger charge is 2.18. The number of aromatic nitrogens is 1. The number of hydrogen-bond donors (Lipinski definition) is 2. The largest absolute Gasteiger partial charge is 0.359 e. The number of aryl methyl sites for hydroxylation is 1. The number of H-pyrrole nitrogens is 1. The summed E-state index contributed by atoms with van der Waals surface area (Å²) in [4.78, 5) is 3.17. The molecule has 0 aliphatic carbocycles. The van der Waals surface area contributed by atoms with Crippen LogP contribution >= 0.6 is 23.2 Å². The van der Waals surface area contributed by atoms with E-state index in [0.29, 0.717) is 10.7 Å². The zero-order valence-corrected chi connectivity index (χ0v) is 13.9. The number of sulfonamides is 1. The zero-order chi connectivity index (χ0) is 15.9. The highest BCUT2D eigenvalue weighted by atomic mass is 35.5. The van der Waals surface area contributed by atoms with Gasteiger partial charge in [0.05, 0.1) is 5.02 Å². The normalized spacial score (nSPS) is 11.8. The summed E-state index contributed by atoms with van der Waals surface area (Å²) in [5.74, 6) is 0. The molecular formula is C15H12Cl2N2O2S. The van der Waals surface area contributed by atoms with Gasteiger partial charge in [-0.2, -0.15) is 0 Å². The number of hydrogen-bond acceptors (Lipinski definition) is 2. The number of anilines is 1. The molecule has 2 aromatic carbocycles. The van der Waals surface area contributed by atoms with E-state index < -0.39 is 10.0 Å². The van der Waals surface area contributed by atoms with Crippen LogP contribution in [0.5, 0.6) is 0 Å². The van der Waals surface area contributed by atoms with Gasteiger partial charge in [0.15, 0.2) is 0 Å². The third-order valence-corrected chi connectivity index (χ3v) is 5.29. The van der Waals surface area contributed by atoms with Gasteiger partial charge in [0, 0.05) is 27.3 Å². The summed E-state index contributed by atoms with van der Waals surface area (Å²) in [7, 11) is -3.77. The number of rotatable bonds is 3. The maximum atomic E-state index is 12.4. The molecule has 4 nitrogen and oxygen atoms in total. The Labute approximate surface area is 138 Å². The number of aromatic amines is 1. The second kappa shape index (κ2) is 5.50. The molecular weight excluding hydrogens is 343 g/mol. The Hall–Kier alpha value is -1.69. The molecule has 0 unspecified atom stereocenters. The molecule has 0 spiro atoms. The number of halogens is 2. The van der Waals surface area contributed by atoms with Crippen molar-refractivity contribution in [1.29, 1.82) is 0 Å². The Morgan fingerprint density at radius 1 is 1.05 bits per heavy atom. The van der Waals surface area contributed by atoms with Gasteiger partial charge in [-0.05, 0) is 49.4 Å². The SMILES string of the molecule is Cc1cc2cc(NS(=O)(=O)c3ccc(Cl)cc3Cl)ccc2[nH]1. The predicted molar refractivity (Wildman–Crippen MR) is 90.3 cm³/mol. The van der Waals surface area contributed by atoms with E-state index in [1.54, 1.807) is 12.1 Å². The molecule has 0 atom stereocenters. The quantitative estimate of drug-likeness (QED) is 0.722. The van der Waals surface area contributed by atoms with E-state index >= 15 is 0 Å². The van der Waals surface area contributed by atoms with Gasteiger partial charge in [-0.25, -0.2) is 8.42 Å². The first-order chi connectivity index (χ1) is 10.3. The van der Waals surface area contributed by atoms with E-state index in [9.17, 15) is 8.42 Å². The maximum Gasteiger partial charge on any atom is 0.263 e. The van der Waals surface area contributed by atoms with Crippen molar-refractivity contribution in [3.05, 3.63) is 58.2 Å². The molecule has 1 aromatic heterocycles. The summed E-state index contributed by atoms with van der Waals surface area (Å²) in [5, 5.41) is 1.40. The van der Waals surface area contributed by atoms with Crippen molar-refractivity contribution in [2.45, 2.75) is 11.8 Å². The summed E-state index contributed by atoms with van der Waals surface area (Å²) < 4.78 is 27.4. The van der Waals surface area contributed by atoms with Crippen LogP contribution in [0.4, 0.5) is 5.69 Å². The smallest absolute Gasteiger partial charge is 0.263 e. The molecule has 114 valence electrons. The van der Waals surface area contributed by atoms with Crippen LogP contribution in [-0.4, -0.2) is 13.4 Å². The van der Waals surface area contributed by atoms with Gasteiger partial charge in [-0.3, -0.25) is 4.72 Å². The van der Waals surface area contributed by atoms with E-state index in [2.05, 4.69) is 9.71 Å². The van der Waals surface area contributed by atoms with E-state index in [-0.39, 0.29) is 9.92 Å². The minimum atomic E-state index is -3.77. The Morgan fingerprint density at radius 3 is 2.55 bits per heavy atom. The van der Waals surface area contributed by atoms with Crippen LogP contribution in [0.1, 0.15) is 5.69 Å². The fourth-order valence-corrected chi connectivity index (χ4v) is 4.07. The minimum absolute atomic E-state index is 0.0103. The van der Waals surface area contributed by atoms with E-state index in [1.807, 2.05) is 19.1 Å². The van der Waals surface area contributed by atoms with E-state index in [0.717, 1.165) is 16.6 Å². The van der Waals surface area contributed by atoms with Gasteiger partial charge in [0.25, 0.3) is 10.0 Å². The van der Waals surface area contributed by atoms with Crippen molar-refractivity contribution in [3.8, 4) is 0 Å². The molecule has 7 heteroatoms. The number of fused-ring (bicyclic) bond motifs is 1. The van der Waals surface area contributed by atoms with Crippen LogP contribution in [0.3, 0.4) is 0 Å². The van der Waals surface area contributed by atoms with Crippen molar-refractivity contribution in [2.75, 3.05) is 4.72 Å². The van der Waals surface area contributed by atoms with Gasteiger partial charge in [0.1, 0.15) is 4.90 Å². The van der Waals surface area contributed by atoms with E-state index in [1.165, 1.54) is 18.2 Å². The lowest BCUT2D eigenvalue weighted by Crippen LogP contribution is -2.13. The minimum Gasteiger partial charge on any atom is -0.359 e. The first-order valence-corrected chi connectivity index (χ1v) is 8.66. The molecule has 0 radical (unpaired) electrons. The molecule has 0 aliphatic rings. The summed E-state index contributed by atoms with van der Waals surface area (Å²) in [6.45, 7) is 1.94. The molecule has 0 saturated heterocycles. The highest BCUT2D eigenvalue weighted by Crippen LogP contribution is 2.27. The summed E-state index contributed by atoms with van der Waals surface area (Å²) in [5.41, 5.74) is 2.43. The lowest BCUT2D eigenvalue weighted by atomic mass is 10.2. The Bertz CT molecular complexity index is 965. The van der Waals surface area contributed by atoms with Gasteiger partial charge in [0.2, 0.25) is 0 Å². The van der Waals surface area contributed by atoms with Crippen molar-refractivity contribution in [1.82, 2.24) is 4.98 Å².